The fourth-order valence-electron chi connectivity index (χ4n) is 4.28. The van der Waals surface area contributed by atoms with E-state index in [0.717, 1.165) is 46.0 Å². The van der Waals surface area contributed by atoms with Crippen LogP contribution in [0.25, 0.3) is 22.6 Å². The maximum Gasteiger partial charge on any atom is 0.321 e. The number of fused-ring (bicyclic) bond motifs is 1. The molecule has 1 atom stereocenters. The van der Waals surface area contributed by atoms with Crippen molar-refractivity contribution in [1.29, 1.82) is 0 Å². The van der Waals surface area contributed by atoms with Crippen LogP contribution in [0.5, 0.6) is 5.75 Å². The van der Waals surface area contributed by atoms with E-state index >= 15 is 0 Å². The van der Waals surface area contributed by atoms with Crippen molar-refractivity contribution in [3.8, 4) is 17.1 Å². The van der Waals surface area contributed by atoms with Gasteiger partial charge in [-0.05, 0) is 67.4 Å². The molecule has 0 spiro atoms. The standard InChI is InChI=1S/C25H25N5O2/c1-17-5-3-6-19(15-17)27-25(31)29-14-12-20(16-29)30-23(18-8-10-21(32-2)11-9-18)28-22-7-4-13-26-24(22)30/h3-11,13,15,20H,12,14,16H2,1-2H3,(H,27,31)/t20-/m1/s1. The average Bonchev–Trinajstić information content (AvgIpc) is 3.44. The van der Waals surface area contributed by atoms with Gasteiger partial charge in [0.15, 0.2) is 5.65 Å². The number of anilines is 1. The van der Waals surface area contributed by atoms with Gasteiger partial charge in [-0.1, -0.05) is 12.1 Å². The molecule has 162 valence electrons. The zero-order chi connectivity index (χ0) is 22.1. The number of hydrogen-bond acceptors (Lipinski definition) is 4. The Kier molecular flexibility index (Phi) is 5.23. The predicted molar refractivity (Wildman–Crippen MR) is 125 cm³/mol. The van der Waals surface area contributed by atoms with Gasteiger partial charge in [0.05, 0.1) is 13.2 Å². The van der Waals surface area contributed by atoms with Gasteiger partial charge in [-0.25, -0.2) is 14.8 Å². The van der Waals surface area contributed by atoms with Crippen LogP contribution in [0.15, 0.2) is 66.9 Å². The summed E-state index contributed by atoms with van der Waals surface area (Å²) in [6.45, 7) is 3.29. The normalized spacial score (nSPS) is 15.8. The van der Waals surface area contributed by atoms with Crippen LogP contribution in [0, 0.1) is 6.92 Å². The summed E-state index contributed by atoms with van der Waals surface area (Å²) in [6, 6.07) is 19.6. The van der Waals surface area contributed by atoms with E-state index in [1.807, 2.05) is 72.5 Å². The number of hydrogen-bond donors (Lipinski definition) is 1. The molecule has 1 fully saturated rings. The van der Waals surface area contributed by atoms with Crippen molar-refractivity contribution in [1.82, 2.24) is 19.4 Å². The third-order valence-corrected chi connectivity index (χ3v) is 5.88. The van der Waals surface area contributed by atoms with Crippen molar-refractivity contribution >= 4 is 22.9 Å². The van der Waals surface area contributed by atoms with Gasteiger partial charge in [0.2, 0.25) is 0 Å². The number of ether oxygens (including phenoxy) is 1. The highest BCUT2D eigenvalue weighted by Crippen LogP contribution is 2.33. The van der Waals surface area contributed by atoms with Gasteiger partial charge in [-0.2, -0.15) is 0 Å². The van der Waals surface area contributed by atoms with Gasteiger partial charge >= 0.3 is 6.03 Å². The highest BCUT2D eigenvalue weighted by atomic mass is 16.5. The molecule has 7 nitrogen and oxygen atoms in total. The van der Waals surface area contributed by atoms with Gasteiger partial charge in [0.1, 0.15) is 17.1 Å². The summed E-state index contributed by atoms with van der Waals surface area (Å²) in [5.74, 6) is 1.65. The summed E-state index contributed by atoms with van der Waals surface area (Å²) in [6.07, 6.45) is 2.63. The first-order chi connectivity index (χ1) is 15.6. The second kappa shape index (κ2) is 8.34. The average molecular weight is 428 g/mol. The molecule has 1 aliphatic heterocycles. The number of aryl methyl sites for hydroxylation is 1. The quantitative estimate of drug-likeness (QED) is 0.503. The van der Waals surface area contributed by atoms with Crippen LogP contribution in [-0.4, -0.2) is 45.7 Å². The lowest BCUT2D eigenvalue weighted by Crippen LogP contribution is -2.33. The van der Waals surface area contributed by atoms with Crippen molar-refractivity contribution in [2.75, 3.05) is 25.5 Å². The van der Waals surface area contributed by atoms with Crippen LogP contribution in [0.3, 0.4) is 0 Å². The third kappa shape index (κ3) is 3.77. The lowest BCUT2D eigenvalue weighted by Gasteiger charge is -2.19. The van der Waals surface area contributed by atoms with E-state index in [-0.39, 0.29) is 12.1 Å². The minimum atomic E-state index is -0.0820. The molecule has 4 aromatic rings. The number of aromatic nitrogens is 3. The van der Waals surface area contributed by atoms with Crippen molar-refractivity contribution < 1.29 is 9.53 Å². The molecule has 1 saturated heterocycles. The molecule has 2 aromatic heterocycles. The molecule has 7 heteroatoms. The minimum absolute atomic E-state index is 0.0820. The molecule has 0 radical (unpaired) electrons. The number of urea groups is 1. The number of pyridine rings is 1. The second-order valence-corrected chi connectivity index (χ2v) is 8.07. The van der Waals surface area contributed by atoms with Crippen molar-refractivity contribution in [2.45, 2.75) is 19.4 Å². The second-order valence-electron chi connectivity index (χ2n) is 8.07. The molecule has 1 N–H and O–H groups in total. The summed E-state index contributed by atoms with van der Waals surface area (Å²) >= 11 is 0. The van der Waals surface area contributed by atoms with Crippen LogP contribution in [0.1, 0.15) is 18.0 Å². The number of rotatable bonds is 4. The lowest BCUT2D eigenvalue weighted by atomic mass is 10.2. The Labute approximate surface area is 186 Å². The number of methoxy groups -OCH3 is 1. The van der Waals surface area contributed by atoms with Gasteiger partial charge in [0.25, 0.3) is 0 Å². The third-order valence-electron chi connectivity index (χ3n) is 5.88. The Morgan fingerprint density at radius 1 is 1.12 bits per heavy atom. The van der Waals surface area contributed by atoms with E-state index in [1.165, 1.54) is 0 Å². The monoisotopic (exact) mass is 427 g/mol. The maximum atomic E-state index is 12.9. The van der Waals surface area contributed by atoms with Gasteiger partial charge in [-0.3, -0.25) is 0 Å². The molecule has 0 bridgehead atoms. The van der Waals surface area contributed by atoms with E-state index < -0.39 is 0 Å². The Bertz CT molecular complexity index is 1270. The topological polar surface area (TPSA) is 72.3 Å². The van der Waals surface area contributed by atoms with Gasteiger partial charge < -0.3 is 19.5 Å². The van der Waals surface area contributed by atoms with Crippen LogP contribution in [0.4, 0.5) is 10.5 Å². The Hall–Kier alpha value is -3.87. The summed E-state index contributed by atoms with van der Waals surface area (Å²) < 4.78 is 7.48. The number of amides is 2. The number of benzene rings is 2. The zero-order valence-corrected chi connectivity index (χ0v) is 18.2. The minimum Gasteiger partial charge on any atom is -0.497 e. The first-order valence-electron chi connectivity index (χ1n) is 10.7. The molecular weight excluding hydrogens is 402 g/mol. The van der Waals surface area contributed by atoms with E-state index in [4.69, 9.17) is 9.72 Å². The summed E-state index contributed by atoms with van der Waals surface area (Å²) in [5, 5.41) is 3.02. The van der Waals surface area contributed by atoms with E-state index in [9.17, 15) is 4.79 Å². The molecule has 3 heterocycles. The molecule has 2 aromatic carbocycles. The molecule has 0 unspecified atom stereocenters. The molecule has 2 amide bonds. The number of carbonyl (C=O) groups is 1. The first-order valence-corrected chi connectivity index (χ1v) is 10.7. The number of likely N-dealkylation sites (tertiary alicyclic amines) is 1. The Morgan fingerprint density at radius 3 is 2.75 bits per heavy atom. The van der Waals surface area contributed by atoms with Crippen LogP contribution < -0.4 is 10.1 Å². The maximum absolute atomic E-state index is 12.9. The largest absolute Gasteiger partial charge is 0.497 e. The smallest absolute Gasteiger partial charge is 0.321 e. The Morgan fingerprint density at radius 2 is 1.97 bits per heavy atom. The fraction of sp³-hybridized carbons (Fsp3) is 0.240. The highest BCUT2D eigenvalue weighted by molar-refractivity contribution is 5.89. The van der Waals surface area contributed by atoms with Crippen LogP contribution in [0.2, 0.25) is 0 Å². The molecule has 5 rings (SSSR count). The summed E-state index contributed by atoms with van der Waals surface area (Å²) in [4.78, 5) is 24.2. The first kappa shape index (κ1) is 20.1. The van der Waals surface area contributed by atoms with Gasteiger partial charge in [0, 0.05) is 30.5 Å². The molecule has 0 aliphatic carbocycles. The molecule has 1 aliphatic rings. The highest BCUT2D eigenvalue weighted by Gasteiger charge is 2.31. The number of nitrogens with one attached hydrogen (secondary N) is 1. The van der Waals surface area contributed by atoms with E-state index in [0.29, 0.717) is 13.1 Å². The lowest BCUT2D eigenvalue weighted by molar-refractivity contribution is 0.221. The van der Waals surface area contributed by atoms with Gasteiger partial charge in [-0.15, -0.1) is 0 Å². The molecular formula is C25H25N5O2. The van der Waals surface area contributed by atoms with Crippen LogP contribution >= 0.6 is 0 Å². The van der Waals surface area contributed by atoms with E-state index in [1.54, 1.807) is 13.3 Å². The summed E-state index contributed by atoms with van der Waals surface area (Å²) in [7, 11) is 1.66. The summed E-state index contributed by atoms with van der Waals surface area (Å²) in [5.41, 5.74) is 4.60. The predicted octanol–water partition coefficient (Wildman–Crippen LogP) is 4.89. The molecule has 32 heavy (non-hydrogen) atoms. The van der Waals surface area contributed by atoms with Crippen molar-refractivity contribution in [3.63, 3.8) is 0 Å². The van der Waals surface area contributed by atoms with Crippen molar-refractivity contribution in [3.05, 3.63) is 72.4 Å². The fourth-order valence-corrected chi connectivity index (χ4v) is 4.28. The van der Waals surface area contributed by atoms with Crippen LogP contribution in [-0.2, 0) is 0 Å². The van der Waals surface area contributed by atoms with E-state index in [2.05, 4.69) is 14.9 Å². The Balaban J connectivity index is 1.43. The number of nitrogens with zero attached hydrogens (tertiary/aromatic N) is 4. The number of carbonyl (C=O) groups excluding carboxylic acids is 1. The SMILES string of the molecule is COc1ccc(-c2nc3cccnc3n2[C@@H]2CCN(C(=O)Nc3cccc(C)c3)C2)cc1. The van der Waals surface area contributed by atoms with Crippen molar-refractivity contribution in [2.24, 2.45) is 0 Å². The number of imidazole rings is 1. The molecule has 0 saturated carbocycles. The zero-order valence-electron chi connectivity index (χ0n) is 18.2.